The predicted octanol–water partition coefficient (Wildman–Crippen LogP) is 0.175. The molecule has 0 saturated carbocycles. The Morgan fingerprint density at radius 3 is 2.61 bits per heavy atom. The predicted molar refractivity (Wildman–Crippen MR) is 62.5 cm³/mol. The van der Waals surface area contributed by atoms with Gasteiger partial charge in [-0.3, -0.25) is 9.59 Å². The lowest BCUT2D eigenvalue weighted by Crippen LogP contribution is -2.30. The highest BCUT2D eigenvalue weighted by molar-refractivity contribution is 5.93. The van der Waals surface area contributed by atoms with Crippen molar-refractivity contribution in [1.82, 2.24) is 5.32 Å². The second-order valence-electron chi connectivity index (χ2n) is 4.28. The van der Waals surface area contributed by atoms with Gasteiger partial charge >= 0.3 is 11.9 Å². The van der Waals surface area contributed by atoms with Crippen molar-refractivity contribution in [3.05, 3.63) is 11.6 Å². The zero-order chi connectivity index (χ0) is 13.8. The summed E-state index contributed by atoms with van der Waals surface area (Å²) in [4.78, 5) is 34.2. The Morgan fingerprint density at radius 1 is 1.39 bits per heavy atom. The number of methoxy groups -OCH3 is 2. The number of hydrogen-bond acceptors (Lipinski definition) is 5. The highest BCUT2D eigenvalue weighted by atomic mass is 16.5. The Bertz CT molecular complexity index is 401. The van der Waals surface area contributed by atoms with E-state index < -0.39 is 11.4 Å². The van der Waals surface area contributed by atoms with Crippen molar-refractivity contribution in [2.75, 3.05) is 20.8 Å². The Kier molecular flexibility index (Phi) is 4.47. The summed E-state index contributed by atoms with van der Waals surface area (Å²) in [7, 11) is 2.57. The Labute approximate surface area is 105 Å². The molecule has 1 unspecified atom stereocenters. The van der Waals surface area contributed by atoms with E-state index in [0.29, 0.717) is 18.5 Å². The maximum atomic E-state index is 11.8. The van der Waals surface area contributed by atoms with E-state index in [-0.39, 0.29) is 18.3 Å². The fourth-order valence-electron chi connectivity index (χ4n) is 1.85. The third kappa shape index (κ3) is 2.88. The summed E-state index contributed by atoms with van der Waals surface area (Å²) in [5.74, 6) is -1.08. The van der Waals surface area contributed by atoms with Crippen LogP contribution < -0.4 is 5.32 Å². The van der Waals surface area contributed by atoms with Crippen LogP contribution in [-0.4, -0.2) is 38.6 Å². The minimum Gasteiger partial charge on any atom is -0.469 e. The van der Waals surface area contributed by atoms with Gasteiger partial charge in [0.2, 0.25) is 5.91 Å². The summed E-state index contributed by atoms with van der Waals surface area (Å²) in [5, 5.41) is 2.66. The molecular formula is C12H17NO5. The average molecular weight is 255 g/mol. The van der Waals surface area contributed by atoms with Crippen molar-refractivity contribution < 1.29 is 23.9 Å². The first-order valence-electron chi connectivity index (χ1n) is 5.58. The number of esters is 2. The first-order valence-corrected chi connectivity index (χ1v) is 5.58. The van der Waals surface area contributed by atoms with Gasteiger partial charge in [0.1, 0.15) is 0 Å². The van der Waals surface area contributed by atoms with E-state index in [0.717, 1.165) is 0 Å². The second kappa shape index (κ2) is 5.66. The lowest BCUT2D eigenvalue weighted by Gasteiger charge is -2.21. The third-order valence-electron chi connectivity index (χ3n) is 3.20. The molecule has 1 saturated heterocycles. The van der Waals surface area contributed by atoms with E-state index in [2.05, 4.69) is 14.8 Å². The van der Waals surface area contributed by atoms with Crippen LogP contribution in [0.4, 0.5) is 0 Å². The van der Waals surface area contributed by atoms with Crippen LogP contribution >= 0.6 is 0 Å². The number of rotatable bonds is 4. The molecule has 1 heterocycles. The van der Waals surface area contributed by atoms with Gasteiger partial charge in [0.15, 0.2) is 0 Å². The van der Waals surface area contributed by atoms with Gasteiger partial charge in [-0.25, -0.2) is 4.79 Å². The van der Waals surface area contributed by atoms with Crippen molar-refractivity contribution >= 4 is 17.8 Å². The smallest absolute Gasteiger partial charge is 0.330 e. The second-order valence-corrected chi connectivity index (χ2v) is 4.28. The molecule has 18 heavy (non-hydrogen) atoms. The molecular weight excluding hydrogens is 238 g/mol. The minimum atomic E-state index is -0.859. The third-order valence-corrected chi connectivity index (χ3v) is 3.20. The Hall–Kier alpha value is -1.85. The van der Waals surface area contributed by atoms with E-state index in [1.807, 2.05) is 0 Å². The van der Waals surface area contributed by atoms with Crippen LogP contribution in [0.15, 0.2) is 11.6 Å². The number of nitrogens with one attached hydrogen (secondary N) is 1. The van der Waals surface area contributed by atoms with Gasteiger partial charge in [-0.05, 0) is 18.9 Å². The van der Waals surface area contributed by atoms with E-state index in [1.165, 1.54) is 20.3 Å². The molecule has 0 aromatic carbocycles. The fourth-order valence-corrected chi connectivity index (χ4v) is 1.85. The molecule has 1 aliphatic heterocycles. The van der Waals surface area contributed by atoms with Crippen LogP contribution in [0.5, 0.6) is 0 Å². The molecule has 0 aromatic heterocycles. The van der Waals surface area contributed by atoms with E-state index >= 15 is 0 Å². The SMILES string of the molecule is COC(=O)/C=C1\CNC(=O)C1(C)CCC(=O)OC. The number of hydrogen-bond donors (Lipinski definition) is 1. The molecule has 6 nitrogen and oxygen atoms in total. The van der Waals surface area contributed by atoms with Crippen LogP contribution in [0.1, 0.15) is 19.8 Å². The molecule has 0 bridgehead atoms. The standard InChI is InChI=1S/C12H17NO5/c1-12(5-4-9(14)17-2)8(6-10(15)18-3)7-13-11(12)16/h6H,4-5,7H2,1-3H3,(H,13,16)/b8-6+. The highest BCUT2D eigenvalue weighted by Gasteiger charge is 2.42. The van der Waals surface area contributed by atoms with Gasteiger partial charge in [0, 0.05) is 19.0 Å². The molecule has 1 amide bonds. The van der Waals surface area contributed by atoms with Gasteiger partial charge in [-0.2, -0.15) is 0 Å². The lowest BCUT2D eigenvalue weighted by atomic mass is 9.79. The molecule has 1 rings (SSSR count). The molecule has 0 radical (unpaired) electrons. The van der Waals surface area contributed by atoms with Crippen LogP contribution in [0, 0.1) is 5.41 Å². The molecule has 1 aliphatic rings. The molecule has 1 atom stereocenters. The molecule has 1 fully saturated rings. The number of carbonyl (C=O) groups is 3. The number of ether oxygens (including phenoxy) is 2. The van der Waals surface area contributed by atoms with Crippen molar-refractivity contribution in [2.24, 2.45) is 5.41 Å². The molecule has 100 valence electrons. The maximum absolute atomic E-state index is 11.8. The fraction of sp³-hybridized carbons (Fsp3) is 0.583. The average Bonchev–Trinajstić information content (AvgIpc) is 2.64. The summed E-state index contributed by atoms with van der Waals surface area (Å²) in [5.41, 5.74) is -0.231. The first-order chi connectivity index (χ1) is 8.43. The van der Waals surface area contributed by atoms with Gasteiger partial charge in [-0.15, -0.1) is 0 Å². The lowest BCUT2D eigenvalue weighted by molar-refractivity contribution is -0.141. The molecule has 6 heteroatoms. The van der Waals surface area contributed by atoms with E-state index in [1.54, 1.807) is 6.92 Å². The van der Waals surface area contributed by atoms with E-state index in [9.17, 15) is 14.4 Å². The summed E-state index contributed by atoms with van der Waals surface area (Å²) >= 11 is 0. The zero-order valence-electron chi connectivity index (χ0n) is 10.7. The highest BCUT2D eigenvalue weighted by Crippen LogP contribution is 2.36. The summed E-state index contributed by atoms with van der Waals surface area (Å²) in [6.07, 6.45) is 1.72. The number of carbonyl (C=O) groups excluding carboxylic acids is 3. The van der Waals surface area contributed by atoms with Crippen LogP contribution in [0.25, 0.3) is 0 Å². The number of amides is 1. The van der Waals surface area contributed by atoms with Crippen LogP contribution in [-0.2, 0) is 23.9 Å². The van der Waals surface area contributed by atoms with Crippen LogP contribution in [0.3, 0.4) is 0 Å². The first kappa shape index (κ1) is 14.2. The van der Waals surface area contributed by atoms with Gasteiger partial charge in [0.05, 0.1) is 19.6 Å². The quantitative estimate of drug-likeness (QED) is 0.572. The summed E-state index contributed by atoms with van der Waals surface area (Å²) in [6.45, 7) is 2.00. The Morgan fingerprint density at radius 2 is 2.06 bits per heavy atom. The summed E-state index contributed by atoms with van der Waals surface area (Å²) in [6, 6.07) is 0. The van der Waals surface area contributed by atoms with Gasteiger partial charge in [-0.1, -0.05) is 0 Å². The monoisotopic (exact) mass is 255 g/mol. The Balaban J connectivity index is 2.86. The van der Waals surface area contributed by atoms with Crippen molar-refractivity contribution in [3.63, 3.8) is 0 Å². The largest absolute Gasteiger partial charge is 0.469 e. The van der Waals surface area contributed by atoms with Crippen molar-refractivity contribution in [2.45, 2.75) is 19.8 Å². The molecule has 0 aliphatic carbocycles. The van der Waals surface area contributed by atoms with Crippen molar-refractivity contribution in [1.29, 1.82) is 0 Å². The van der Waals surface area contributed by atoms with E-state index in [4.69, 9.17) is 0 Å². The zero-order valence-corrected chi connectivity index (χ0v) is 10.7. The molecule has 0 spiro atoms. The molecule has 0 aromatic rings. The van der Waals surface area contributed by atoms with Gasteiger partial charge < -0.3 is 14.8 Å². The van der Waals surface area contributed by atoms with Crippen molar-refractivity contribution in [3.8, 4) is 0 Å². The normalized spacial score (nSPS) is 24.8. The van der Waals surface area contributed by atoms with Gasteiger partial charge in [0.25, 0.3) is 0 Å². The topological polar surface area (TPSA) is 81.7 Å². The summed E-state index contributed by atoms with van der Waals surface area (Å²) < 4.78 is 9.09. The minimum absolute atomic E-state index is 0.124. The maximum Gasteiger partial charge on any atom is 0.330 e. The van der Waals surface area contributed by atoms with Crippen LogP contribution in [0.2, 0.25) is 0 Å². The molecule has 1 N–H and O–H groups in total.